The molecule has 0 saturated heterocycles. The topological polar surface area (TPSA) is 84.5 Å². The number of nitrogens with one attached hydrogen (secondary N) is 2. The maximum absolute atomic E-state index is 12.7. The highest BCUT2D eigenvalue weighted by Gasteiger charge is 2.24. The van der Waals surface area contributed by atoms with E-state index in [1.54, 1.807) is 26.0 Å². The molecule has 1 unspecified atom stereocenters. The van der Waals surface area contributed by atoms with Crippen LogP contribution in [0.2, 0.25) is 0 Å². The molecule has 1 aliphatic heterocycles. The number of rotatable bonds is 5. The van der Waals surface area contributed by atoms with E-state index in [4.69, 9.17) is 4.74 Å². The second-order valence-electron chi connectivity index (χ2n) is 6.65. The van der Waals surface area contributed by atoms with Gasteiger partial charge in [0.05, 0.1) is 17.5 Å². The zero-order chi connectivity index (χ0) is 19.6. The summed E-state index contributed by atoms with van der Waals surface area (Å²) in [7, 11) is -3.66. The molecule has 27 heavy (non-hydrogen) atoms. The summed E-state index contributed by atoms with van der Waals surface area (Å²) in [5.41, 5.74) is 1.19. The van der Waals surface area contributed by atoms with Crippen LogP contribution in [0.3, 0.4) is 0 Å². The van der Waals surface area contributed by atoms with Gasteiger partial charge in [0, 0.05) is 28.1 Å². The molecule has 2 aromatic carbocycles. The Hall–Kier alpha value is -1.90. The van der Waals surface area contributed by atoms with Gasteiger partial charge in [0.2, 0.25) is 10.0 Å². The normalized spacial score (nSPS) is 16.5. The maximum Gasteiger partial charge on any atom is 0.251 e. The lowest BCUT2D eigenvalue weighted by Crippen LogP contribution is -2.33. The number of amides is 1. The van der Waals surface area contributed by atoms with E-state index in [1.807, 2.05) is 18.2 Å². The standard InChI is InChI=1S/C19H21BrN2O4S/c1-12(2)22-27(24,25)15-5-3-4-13(10-15)19(23)21-17-8-9-26-18-7-6-14(20)11-16(17)18/h3-7,10-12,17,22H,8-9H2,1-2H3,(H,21,23). The Kier molecular flexibility index (Phi) is 5.88. The number of halogens is 1. The quantitative estimate of drug-likeness (QED) is 0.727. The molecule has 0 aliphatic carbocycles. The van der Waals surface area contributed by atoms with Gasteiger partial charge in [-0.25, -0.2) is 13.1 Å². The van der Waals surface area contributed by atoms with Crippen LogP contribution < -0.4 is 14.8 Å². The fraction of sp³-hybridized carbons (Fsp3) is 0.316. The molecule has 0 saturated carbocycles. The molecule has 0 fully saturated rings. The number of fused-ring (bicyclic) bond motifs is 1. The third-order valence-corrected chi connectivity index (χ3v) is 6.26. The van der Waals surface area contributed by atoms with E-state index in [-0.39, 0.29) is 22.9 Å². The summed E-state index contributed by atoms with van der Waals surface area (Å²) < 4.78 is 33.7. The SMILES string of the molecule is CC(C)NS(=O)(=O)c1cccc(C(=O)NC2CCOc3ccc(Br)cc32)c1. The summed E-state index contributed by atoms with van der Waals surface area (Å²) >= 11 is 3.44. The zero-order valence-corrected chi connectivity index (χ0v) is 17.4. The summed E-state index contributed by atoms with van der Waals surface area (Å²) in [6, 6.07) is 11.3. The summed E-state index contributed by atoms with van der Waals surface area (Å²) in [6.45, 7) is 4.00. The van der Waals surface area contributed by atoms with Crippen molar-refractivity contribution >= 4 is 31.9 Å². The highest BCUT2D eigenvalue weighted by atomic mass is 79.9. The molecule has 0 spiro atoms. The Morgan fingerprint density at radius 3 is 2.74 bits per heavy atom. The largest absolute Gasteiger partial charge is 0.493 e. The van der Waals surface area contributed by atoms with Gasteiger partial charge in [0.25, 0.3) is 5.91 Å². The fourth-order valence-corrected chi connectivity index (χ4v) is 4.61. The molecule has 6 nitrogen and oxygen atoms in total. The van der Waals surface area contributed by atoms with E-state index < -0.39 is 10.0 Å². The Labute approximate surface area is 167 Å². The van der Waals surface area contributed by atoms with Crippen LogP contribution in [0.1, 0.15) is 42.2 Å². The third kappa shape index (κ3) is 4.69. The number of carbonyl (C=O) groups is 1. The Morgan fingerprint density at radius 1 is 1.22 bits per heavy atom. The summed E-state index contributed by atoms with van der Waals surface area (Å²) in [4.78, 5) is 12.8. The van der Waals surface area contributed by atoms with Crippen molar-refractivity contribution in [3.05, 3.63) is 58.1 Å². The molecule has 2 N–H and O–H groups in total. The molecule has 1 atom stereocenters. The summed E-state index contributed by atoms with van der Waals surface area (Å²) in [5, 5.41) is 2.98. The lowest BCUT2D eigenvalue weighted by Gasteiger charge is -2.27. The van der Waals surface area contributed by atoms with Crippen molar-refractivity contribution in [2.45, 2.75) is 37.2 Å². The van der Waals surface area contributed by atoms with Crippen LogP contribution in [0.4, 0.5) is 0 Å². The molecule has 0 aromatic heterocycles. The first kappa shape index (κ1) is 19.9. The van der Waals surface area contributed by atoms with Gasteiger partial charge in [0.1, 0.15) is 5.75 Å². The monoisotopic (exact) mass is 452 g/mol. The summed E-state index contributed by atoms with van der Waals surface area (Å²) in [6.07, 6.45) is 0.641. The molecule has 3 rings (SSSR count). The van der Waals surface area contributed by atoms with E-state index in [0.717, 1.165) is 15.8 Å². The number of ether oxygens (including phenoxy) is 1. The predicted molar refractivity (Wildman–Crippen MR) is 106 cm³/mol. The maximum atomic E-state index is 12.7. The van der Waals surface area contributed by atoms with Crippen LogP contribution in [0.15, 0.2) is 51.8 Å². The first-order valence-electron chi connectivity index (χ1n) is 8.62. The lowest BCUT2D eigenvalue weighted by atomic mass is 10.00. The molecule has 144 valence electrons. The molecule has 1 heterocycles. The number of carbonyl (C=O) groups excluding carboxylic acids is 1. The molecule has 0 bridgehead atoms. The van der Waals surface area contributed by atoms with E-state index >= 15 is 0 Å². The van der Waals surface area contributed by atoms with Crippen molar-refractivity contribution < 1.29 is 17.9 Å². The zero-order valence-electron chi connectivity index (χ0n) is 15.0. The van der Waals surface area contributed by atoms with Crippen molar-refractivity contribution in [2.75, 3.05) is 6.61 Å². The molecule has 2 aromatic rings. The number of benzene rings is 2. The minimum Gasteiger partial charge on any atom is -0.493 e. The van der Waals surface area contributed by atoms with Gasteiger partial charge in [-0.05, 0) is 50.2 Å². The van der Waals surface area contributed by atoms with Crippen molar-refractivity contribution in [2.24, 2.45) is 0 Å². The van der Waals surface area contributed by atoms with Crippen molar-refractivity contribution in [1.29, 1.82) is 0 Å². The van der Waals surface area contributed by atoms with Gasteiger partial charge in [-0.1, -0.05) is 22.0 Å². The van der Waals surface area contributed by atoms with Gasteiger partial charge in [-0.15, -0.1) is 0 Å². The van der Waals surface area contributed by atoms with E-state index in [1.165, 1.54) is 12.1 Å². The average Bonchev–Trinajstić information content (AvgIpc) is 2.61. The minimum absolute atomic E-state index is 0.0685. The van der Waals surface area contributed by atoms with Gasteiger partial charge in [-0.3, -0.25) is 4.79 Å². The van der Waals surface area contributed by atoms with Gasteiger partial charge >= 0.3 is 0 Å². The first-order chi connectivity index (χ1) is 12.8. The Morgan fingerprint density at radius 2 is 2.00 bits per heavy atom. The summed E-state index contributed by atoms with van der Waals surface area (Å²) in [5.74, 6) is 0.418. The minimum atomic E-state index is -3.66. The van der Waals surface area contributed by atoms with Crippen LogP contribution in [-0.2, 0) is 10.0 Å². The molecule has 1 amide bonds. The smallest absolute Gasteiger partial charge is 0.251 e. The molecule has 1 aliphatic rings. The Bertz CT molecular complexity index is 960. The highest BCUT2D eigenvalue weighted by molar-refractivity contribution is 9.10. The van der Waals surface area contributed by atoms with Crippen LogP contribution in [0, 0.1) is 0 Å². The fourth-order valence-electron chi connectivity index (χ4n) is 2.94. The van der Waals surface area contributed by atoms with Gasteiger partial charge in [0.15, 0.2) is 0 Å². The highest BCUT2D eigenvalue weighted by Crippen LogP contribution is 2.34. The molecular formula is C19H21BrN2O4S. The molecule has 8 heteroatoms. The number of hydrogen-bond donors (Lipinski definition) is 2. The van der Waals surface area contributed by atoms with E-state index in [2.05, 4.69) is 26.0 Å². The van der Waals surface area contributed by atoms with Crippen molar-refractivity contribution in [3.8, 4) is 5.75 Å². The van der Waals surface area contributed by atoms with Crippen LogP contribution in [0.25, 0.3) is 0 Å². The average molecular weight is 453 g/mol. The van der Waals surface area contributed by atoms with Gasteiger partial charge < -0.3 is 10.1 Å². The third-order valence-electron chi connectivity index (χ3n) is 4.11. The van der Waals surface area contributed by atoms with Crippen molar-refractivity contribution in [3.63, 3.8) is 0 Å². The molecule has 0 radical (unpaired) electrons. The van der Waals surface area contributed by atoms with E-state index in [0.29, 0.717) is 18.6 Å². The first-order valence-corrected chi connectivity index (χ1v) is 10.9. The van der Waals surface area contributed by atoms with E-state index in [9.17, 15) is 13.2 Å². The number of sulfonamides is 1. The predicted octanol–water partition coefficient (Wildman–Crippen LogP) is 3.39. The Balaban J connectivity index is 1.82. The van der Waals surface area contributed by atoms with Crippen molar-refractivity contribution in [1.82, 2.24) is 10.0 Å². The van der Waals surface area contributed by atoms with Crippen LogP contribution in [0.5, 0.6) is 5.75 Å². The second kappa shape index (κ2) is 8.00. The van der Waals surface area contributed by atoms with Gasteiger partial charge in [-0.2, -0.15) is 0 Å². The van der Waals surface area contributed by atoms with Crippen LogP contribution in [-0.4, -0.2) is 27.0 Å². The second-order valence-corrected chi connectivity index (χ2v) is 9.28. The molecular weight excluding hydrogens is 432 g/mol. The van der Waals surface area contributed by atoms with Crippen LogP contribution >= 0.6 is 15.9 Å². The number of hydrogen-bond acceptors (Lipinski definition) is 4. The lowest BCUT2D eigenvalue weighted by molar-refractivity contribution is 0.0924.